The van der Waals surface area contributed by atoms with Gasteiger partial charge in [-0.3, -0.25) is 0 Å². The maximum absolute atomic E-state index is 13.8. The predicted molar refractivity (Wildman–Crippen MR) is 82.9 cm³/mol. The van der Waals surface area contributed by atoms with E-state index in [1.807, 2.05) is 4.57 Å². The van der Waals surface area contributed by atoms with Crippen LogP contribution in [0.15, 0.2) is 16.6 Å². The highest BCUT2D eigenvalue weighted by Crippen LogP contribution is 2.25. The van der Waals surface area contributed by atoms with Crippen molar-refractivity contribution >= 4 is 38.6 Å². The van der Waals surface area contributed by atoms with E-state index >= 15 is 0 Å². The lowest BCUT2D eigenvalue weighted by Gasteiger charge is -2.14. The number of aryl methyl sites for hydroxylation is 1. The van der Waals surface area contributed by atoms with Crippen molar-refractivity contribution in [1.29, 1.82) is 0 Å². The first-order valence-corrected chi connectivity index (χ1v) is 7.78. The Morgan fingerprint density at radius 2 is 2.25 bits per heavy atom. The summed E-state index contributed by atoms with van der Waals surface area (Å²) < 4.78 is 21.4. The summed E-state index contributed by atoms with van der Waals surface area (Å²) in [6.07, 6.45) is 0.662. The Balaban J connectivity index is 2.47. The van der Waals surface area contributed by atoms with Crippen LogP contribution in [0.3, 0.4) is 0 Å². The third-order valence-electron chi connectivity index (χ3n) is 3.13. The molecule has 0 aliphatic rings. The van der Waals surface area contributed by atoms with Gasteiger partial charge in [-0.15, -0.1) is 11.6 Å². The van der Waals surface area contributed by atoms with Crippen LogP contribution in [0.25, 0.3) is 11.0 Å². The van der Waals surface area contributed by atoms with Crippen LogP contribution in [0.2, 0.25) is 0 Å². The van der Waals surface area contributed by atoms with Crippen LogP contribution in [0, 0.1) is 11.7 Å². The lowest BCUT2D eigenvalue weighted by molar-refractivity contribution is 0.151. The number of imidazole rings is 1. The molecular weight excluding hydrogens is 347 g/mol. The SMILES string of the molecule is COCC(C)Cn1c(CCCl)nc2cc(Br)c(F)cc21. The molecule has 1 atom stereocenters. The third-order valence-corrected chi connectivity index (χ3v) is 3.93. The third kappa shape index (κ3) is 3.32. The molecule has 0 saturated heterocycles. The number of fused-ring (bicyclic) bond motifs is 1. The summed E-state index contributed by atoms with van der Waals surface area (Å²) in [5, 5.41) is 0. The van der Waals surface area contributed by atoms with Gasteiger partial charge in [-0.25, -0.2) is 9.37 Å². The van der Waals surface area contributed by atoms with E-state index < -0.39 is 0 Å². The monoisotopic (exact) mass is 362 g/mol. The second-order valence-electron chi connectivity index (χ2n) is 4.89. The molecule has 0 aliphatic heterocycles. The van der Waals surface area contributed by atoms with Crippen LogP contribution in [0.1, 0.15) is 12.7 Å². The molecule has 2 rings (SSSR count). The van der Waals surface area contributed by atoms with Gasteiger partial charge < -0.3 is 9.30 Å². The smallest absolute Gasteiger partial charge is 0.139 e. The lowest BCUT2D eigenvalue weighted by atomic mass is 10.2. The van der Waals surface area contributed by atoms with Crippen molar-refractivity contribution in [3.63, 3.8) is 0 Å². The first-order valence-electron chi connectivity index (χ1n) is 6.45. The molecule has 3 nitrogen and oxygen atoms in total. The number of alkyl halides is 1. The van der Waals surface area contributed by atoms with Crippen molar-refractivity contribution in [3.8, 4) is 0 Å². The standard InChI is InChI=1S/C14H17BrClFN2O/c1-9(8-20-2)7-19-13-6-11(17)10(15)5-12(13)18-14(19)3-4-16/h5-6,9H,3-4,7-8H2,1-2H3. The van der Waals surface area contributed by atoms with Gasteiger partial charge in [0.1, 0.15) is 11.6 Å². The average molecular weight is 364 g/mol. The van der Waals surface area contributed by atoms with E-state index in [9.17, 15) is 4.39 Å². The van der Waals surface area contributed by atoms with Gasteiger partial charge >= 0.3 is 0 Å². The van der Waals surface area contributed by atoms with Crippen molar-refractivity contribution in [2.45, 2.75) is 19.9 Å². The maximum Gasteiger partial charge on any atom is 0.139 e. The Morgan fingerprint density at radius 3 is 2.90 bits per heavy atom. The Kier molecular flexibility index (Phi) is 5.41. The molecule has 0 aliphatic carbocycles. The predicted octanol–water partition coefficient (Wildman–Crippen LogP) is 4.00. The fourth-order valence-corrected chi connectivity index (χ4v) is 2.80. The van der Waals surface area contributed by atoms with E-state index in [0.717, 1.165) is 23.4 Å². The van der Waals surface area contributed by atoms with E-state index in [0.29, 0.717) is 29.3 Å². The van der Waals surface area contributed by atoms with Gasteiger partial charge in [-0.05, 0) is 27.9 Å². The molecule has 1 unspecified atom stereocenters. The minimum atomic E-state index is -0.282. The van der Waals surface area contributed by atoms with Crippen molar-refractivity contribution in [3.05, 3.63) is 28.2 Å². The molecule has 0 N–H and O–H groups in total. The van der Waals surface area contributed by atoms with Crippen molar-refractivity contribution in [1.82, 2.24) is 9.55 Å². The van der Waals surface area contributed by atoms with Gasteiger partial charge in [0.05, 0.1) is 22.1 Å². The maximum atomic E-state index is 13.8. The van der Waals surface area contributed by atoms with E-state index in [4.69, 9.17) is 16.3 Å². The van der Waals surface area contributed by atoms with Crippen molar-refractivity contribution in [2.75, 3.05) is 19.6 Å². The summed E-state index contributed by atoms with van der Waals surface area (Å²) in [4.78, 5) is 4.56. The molecule has 0 radical (unpaired) electrons. The second-order valence-corrected chi connectivity index (χ2v) is 6.13. The number of hydrogen-bond donors (Lipinski definition) is 0. The quantitative estimate of drug-likeness (QED) is 0.725. The topological polar surface area (TPSA) is 27.1 Å². The Labute approximate surface area is 131 Å². The van der Waals surface area contributed by atoms with E-state index in [1.165, 1.54) is 6.07 Å². The van der Waals surface area contributed by atoms with Crippen LogP contribution in [-0.2, 0) is 17.7 Å². The number of ether oxygens (including phenoxy) is 1. The highest BCUT2D eigenvalue weighted by Gasteiger charge is 2.15. The number of halogens is 3. The van der Waals surface area contributed by atoms with Gasteiger partial charge in [0, 0.05) is 32.0 Å². The first kappa shape index (κ1) is 15.7. The Hall–Kier alpha value is -0.650. The molecule has 1 aromatic carbocycles. The molecule has 0 fully saturated rings. The summed E-state index contributed by atoms with van der Waals surface area (Å²) in [6, 6.07) is 3.23. The molecule has 0 bridgehead atoms. The number of rotatable bonds is 6. The van der Waals surface area contributed by atoms with Crippen LogP contribution in [0.5, 0.6) is 0 Å². The second kappa shape index (κ2) is 6.87. The number of methoxy groups -OCH3 is 1. The van der Waals surface area contributed by atoms with Crippen LogP contribution >= 0.6 is 27.5 Å². The molecule has 0 amide bonds. The zero-order valence-corrected chi connectivity index (χ0v) is 13.8. The lowest BCUT2D eigenvalue weighted by Crippen LogP contribution is -2.15. The molecule has 0 spiro atoms. The summed E-state index contributed by atoms with van der Waals surface area (Å²) in [5.41, 5.74) is 1.58. The number of benzene rings is 1. The number of nitrogens with zero attached hydrogens (tertiary/aromatic N) is 2. The molecule has 2 aromatic rings. The van der Waals surface area contributed by atoms with Gasteiger partial charge in [0.2, 0.25) is 0 Å². The molecule has 110 valence electrons. The fraction of sp³-hybridized carbons (Fsp3) is 0.500. The minimum Gasteiger partial charge on any atom is -0.384 e. The van der Waals surface area contributed by atoms with Crippen LogP contribution in [0.4, 0.5) is 4.39 Å². The Morgan fingerprint density at radius 1 is 1.50 bits per heavy atom. The molecule has 1 aromatic heterocycles. The molecular formula is C14H17BrClFN2O. The summed E-state index contributed by atoms with van der Waals surface area (Å²) in [7, 11) is 1.68. The summed E-state index contributed by atoms with van der Waals surface area (Å²) >= 11 is 9.03. The zero-order chi connectivity index (χ0) is 14.7. The van der Waals surface area contributed by atoms with Crippen molar-refractivity contribution in [2.24, 2.45) is 5.92 Å². The Bertz CT molecular complexity index is 602. The van der Waals surface area contributed by atoms with Gasteiger partial charge in [-0.1, -0.05) is 6.92 Å². The molecule has 0 saturated carbocycles. The van der Waals surface area contributed by atoms with E-state index in [1.54, 1.807) is 13.2 Å². The fourth-order valence-electron chi connectivity index (χ4n) is 2.30. The zero-order valence-electron chi connectivity index (χ0n) is 11.5. The van der Waals surface area contributed by atoms with Crippen molar-refractivity contribution < 1.29 is 9.13 Å². The highest BCUT2D eigenvalue weighted by atomic mass is 79.9. The number of aromatic nitrogens is 2. The molecule has 20 heavy (non-hydrogen) atoms. The number of hydrogen-bond acceptors (Lipinski definition) is 2. The summed E-state index contributed by atoms with van der Waals surface area (Å²) in [6.45, 7) is 3.48. The van der Waals surface area contributed by atoms with Gasteiger partial charge in [0.15, 0.2) is 0 Å². The van der Waals surface area contributed by atoms with E-state index in [2.05, 4.69) is 27.8 Å². The van der Waals surface area contributed by atoms with Gasteiger partial charge in [-0.2, -0.15) is 0 Å². The van der Waals surface area contributed by atoms with Crippen LogP contribution in [-0.4, -0.2) is 29.1 Å². The van der Waals surface area contributed by atoms with E-state index in [-0.39, 0.29) is 5.82 Å². The largest absolute Gasteiger partial charge is 0.384 e. The highest BCUT2D eigenvalue weighted by molar-refractivity contribution is 9.10. The molecule has 6 heteroatoms. The summed E-state index contributed by atoms with van der Waals surface area (Å²) in [5.74, 6) is 1.41. The minimum absolute atomic E-state index is 0.282. The molecule has 1 heterocycles. The first-order chi connectivity index (χ1) is 9.56. The van der Waals surface area contributed by atoms with Gasteiger partial charge in [0.25, 0.3) is 0 Å². The van der Waals surface area contributed by atoms with Crippen LogP contribution < -0.4 is 0 Å². The normalized spacial score (nSPS) is 13.1. The average Bonchev–Trinajstić information content (AvgIpc) is 2.69.